The van der Waals surface area contributed by atoms with Gasteiger partial charge in [0.2, 0.25) is 0 Å². The van der Waals surface area contributed by atoms with E-state index in [1.807, 2.05) is 0 Å². The Morgan fingerprint density at radius 2 is 1.31 bits per heavy atom. The topological polar surface area (TPSA) is 116 Å². The van der Waals surface area contributed by atoms with E-state index in [1.165, 1.54) is 25.3 Å². The summed E-state index contributed by atoms with van der Waals surface area (Å²) in [6, 6.07) is 5.27. The van der Waals surface area contributed by atoms with Gasteiger partial charge in [0.25, 0.3) is 0 Å². The number of aryl methyl sites for hydroxylation is 2. The van der Waals surface area contributed by atoms with Gasteiger partial charge in [0.1, 0.15) is 11.6 Å². The van der Waals surface area contributed by atoms with Crippen LogP contribution < -0.4 is 11.5 Å². The lowest BCUT2D eigenvalue weighted by atomic mass is 10.0. The van der Waals surface area contributed by atoms with E-state index in [1.54, 1.807) is 6.07 Å². The van der Waals surface area contributed by atoms with Crippen molar-refractivity contribution >= 4 is 36.8 Å². The molecule has 0 heterocycles. The fourth-order valence-corrected chi connectivity index (χ4v) is 3.75. The third-order valence-corrected chi connectivity index (χ3v) is 5.34. The number of carbonyl (C=O) groups excluding carboxylic acids is 1. The normalized spacial score (nSPS) is 17.3. The summed E-state index contributed by atoms with van der Waals surface area (Å²) in [7, 11) is 1.24. The molecule has 2 aliphatic rings. The van der Waals surface area contributed by atoms with Crippen LogP contribution in [0.25, 0.3) is 0 Å². The van der Waals surface area contributed by atoms with E-state index in [0.29, 0.717) is 0 Å². The molecule has 10 heteroatoms. The highest BCUT2D eigenvalue weighted by Gasteiger charge is 2.24. The molecule has 0 unspecified atom stereocenters. The largest absolute Gasteiger partial charge is 0.478 e. The van der Waals surface area contributed by atoms with Gasteiger partial charge in [-0.2, -0.15) is 0 Å². The fraction of sp³-hybridized carbons (Fsp3) is 0.318. The number of carboxylic acids is 1. The van der Waals surface area contributed by atoms with Gasteiger partial charge in [0.15, 0.2) is 0 Å². The number of carboxylic acid groups (broad SMARTS) is 1. The molecule has 0 saturated carbocycles. The summed E-state index contributed by atoms with van der Waals surface area (Å²) >= 11 is 0. The van der Waals surface area contributed by atoms with E-state index in [4.69, 9.17) is 16.6 Å². The molecule has 0 aliphatic heterocycles. The second-order valence-electron chi connectivity index (χ2n) is 7.15. The average Bonchev–Trinajstić information content (AvgIpc) is 3.23. The summed E-state index contributed by atoms with van der Waals surface area (Å²) < 4.78 is 31.2. The number of hydrogen-bond donors (Lipinski definition) is 3. The number of ether oxygens (including phenoxy) is 1. The molecule has 0 amide bonds. The molecule has 2 aromatic rings. The van der Waals surface area contributed by atoms with Crippen LogP contribution in [0.15, 0.2) is 24.3 Å². The van der Waals surface area contributed by atoms with Gasteiger partial charge in [-0.25, -0.2) is 18.4 Å². The summed E-state index contributed by atoms with van der Waals surface area (Å²) in [5, 5.41) is 8.69. The Hall–Kier alpha value is -2.26. The van der Waals surface area contributed by atoms with Gasteiger partial charge in [-0.1, -0.05) is 0 Å². The first-order valence-electron chi connectivity index (χ1n) is 9.20. The van der Waals surface area contributed by atoms with Crippen LogP contribution in [0, 0.1) is 19.1 Å². The highest BCUT2D eigenvalue weighted by Crippen LogP contribution is 2.32. The van der Waals surface area contributed by atoms with Crippen LogP contribution in [0.4, 0.5) is 8.78 Å². The van der Waals surface area contributed by atoms with Crippen LogP contribution in [-0.2, 0) is 17.6 Å². The van der Waals surface area contributed by atoms with Crippen LogP contribution in [0.2, 0.25) is 0 Å². The van der Waals surface area contributed by atoms with Gasteiger partial charge in [-0.3, -0.25) is 0 Å². The molecule has 4 rings (SSSR count). The van der Waals surface area contributed by atoms with Crippen molar-refractivity contribution in [2.75, 3.05) is 7.11 Å². The summed E-state index contributed by atoms with van der Waals surface area (Å²) in [5.41, 5.74) is 14.6. The number of rotatable bonds is 2. The Labute approximate surface area is 198 Å². The summed E-state index contributed by atoms with van der Waals surface area (Å²) in [6.45, 7) is 0. The van der Waals surface area contributed by atoms with E-state index < -0.39 is 23.6 Å². The van der Waals surface area contributed by atoms with Crippen molar-refractivity contribution in [2.45, 2.75) is 37.8 Å². The van der Waals surface area contributed by atoms with Gasteiger partial charge in [0.05, 0.1) is 18.2 Å². The maximum atomic E-state index is 13.5. The molecule has 0 radical (unpaired) electrons. The Balaban J connectivity index is 0.000000550. The first kappa shape index (κ1) is 29.7. The lowest BCUT2D eigenvalue weighted by Crippen LogP contribution is -2.09. The van der Waals surface area contributed by atoms with Crippen molar-refractivity contribution in [3.8, 4) is 0 Å². The molecule has 32 heavy (non-hydrogen) atoms. The molecular weight excluding hydrogens is 465 g/mol. The molecule has 0 fully saturated rings. The Bertz CT molecular complexity index is 989. The Morgan fingerprint density at radius 3 is 1.72 bits per heavy atom. The van der Waals surface area contributed by atoms with Gasteiger partial charge in [-0.05, 0) is 72.2 Å². The van der Waals surface area contributed by atoms with Crippen LogP contribution in [0.3, 0.4) is 0 Å². The van der Waals surface area contributed by atoms with Gasteiger partial charge in [0, 0.05) is 12.1 Å². The van der Waals surface area contributed by atoms with Crippen molar-refractivity contribution in [3.63, 3.8) is 0 Å². The first-order chi connectivity index (χ1) is 13.7. The monoisotopic (exact) mass is 491 g/mol. The summed E-state index contributed by atoms with van der Waals surface area (Å²) in [5.74, 6) is -3.13. The molecule has 2 aliphatic carbocycles. The van der Waals surface area contributed by atoms with Crippen molar-refractivity contribution in [2.24, 2.45) is 11.5 Å². The third kappa shape index (κ3) is 5.95. The second kappa shape index (κ2) is 12.1. The molecule has 6 nitrogen and oxygen atoms in total. The maximum Gasteiger partial charge on any atom is 0.340 e. The standard InChI is InChI=1S/C11H12FNO2.C10H10FNO2.CH3.2ClH/c1-15-11(14)8-4-6-2-3-10(13)7(6)5-9(8)12;11-8-4-6-5(1-2-9(6)12)3-7(8)10(13)14;;;/h4-5,10H,2-3,13H2,1H3;3-4,9H,1-2,12H2,(H,13,14);1H3;2*1H/q;;-1;;/t10-;9-;;;/m11.../s1. The SMILES string of the molecule is COC(=O)c1cc2c(cc1F)[C@H](N)CC2.Cl.Cl.N[C@@H]1CCc2cc(C(=O)O)c(F)cc21.[CH3-]. The van der Waals surface area contributed by atoms with E-state index in [-0.39, 0.29) is 55.5 Å². The van der Waals surface area contributed by atoms with Crippen LogP contribution in [0.5, 0.6) is 0 Å². The Morgan fingerprint density at radius 1 is 0.906 bits per heavy atom. The molecule has 0 aromatic heterocycles. The van der Waals surface area contributed by atoms with Crippen LogP contribution in [-0.4, -0.2) is 24.2 Å². The predicted molar refractivity (Wildman–Crippen MR) is 123 cm³/mol. The first-order valence-corrected chi connectivity index (χ1v) is 9.20. The predicted octanol–water partition coefficient (Wildman–Crippen LogP) is 4.32. The molecule has 2 atom stereocenters. The lowest BCUT2D eigenvalue weighted by molar-refractivity contribution is 0.0594. The highest BCUT2D eigenvalue weighted by atomic mass is 35.5. The number of esters is 1. The molecule has 178 valence electrons. The van der Waals surface area contributed by atoms with Gasteiger partial charge < -0.3 is 28.7 Å². The van der Waals surface area contributed by atoms with Crippen molar-refractivity contribution in [3.05, 3.63) is 76.7 Å². The number of hydrogen-bond acceptors (Lipinski definition) is 5. The summed E-state index contributed by atoms with van der Waals surface area (Å²) in [4.78, 5) is 21.9. The molecule has 2 aromatic carbocycles. The maximum absolute atomic E-state index is 13.5. The quantitative estimate of drug-likeness (QED) is 0.425. The van der Waals surface area contributed by atoms with Crippen LogP contribution in [0.1, 0.15) is 67.9 Å². The van der Waals surface area contributed by atoms with Crippen molar-refractivity contribution < 1.29 is 28.2 Å². The van der Waals surface area contributed by atoms with Crippen LogP contribution >= 0.6 is 24.8 Å². The minimum atomic E-state index is -1.23. The molecule has 0 bridgehead atoms. The van der Waals surface area contributed by atoms with E-state index in [2.05, 4.69) is 4.74 Å². The van der Waals surface area contributed by atoms with Crippen molar-refractivity contribution in [1.29, 1.82) is 0 Å². The average molecular weight is 492 g/mol. The molecule has 0 saturated heterocycles. The fourth-order valence-electron chi connectivity index (χ4n) is 3.75. The van der Waals surface area contributed by atoms with Gasteiger partial charge >= 0.3 is 11.9 Å². The highest BCUT2D eigenvalue weighted by molar-refractivity contribution is 5.90. The number of carbonyl (C=O) groups is 2. The minimum Gasteiger partial charge on any atom is -0.478 e. The van der Waals surface area contributed by atoms with Gasteiger partial charge in [-0.15, -0.1) is 24.8 Å². The molecule has 0 spiro atoms. The number of fused-ring (bicyclic) bond motifs is 2. The number of methoxy groups -OCH3 is 1. The minimum absolute atomic E-state index is 0. The van der Waals surface area contributed by atoms with E-state index in [9.17, 15) is 18.4 Å². The number of aromatic carboxylic acids is 1. The molecule has 5 N–H and O–H groups in total. The van der Waals surface area contributed by atoms with E-state index in [0.717, 1.165) is 47.9 Å². The zero-order valence-corrected chi connectivity index (χ0v) is 19.3. The second-order valence-corrected chi connectivity index (χ2v) is 7.15. The smallest absolute Gasteiger partial charge is 0.340 e. The zero-order valence-electron chi connectivity index (χ0n) is 17.7. The van der Waals surface area contributed by atoms with Crippen molar-refractivity contribution in [1.82, 2.24) is 0 Å². The van der Waals surface area contributed by atoms with E-state index >= 15 is 0 Å². The number of nitrogens with two attached hydrogens (primary N) is 2. The number of benzene rings is 2. The lowest BCUT2D eigenvalue weighted by Gasteiger charge is -2.07. The molecular formula is C22H27Cl2F2N2O4-. The zero-order chi connectivity index (χ0) is 21.3. The Kier molecular flexibility index (Phi) is 11.3. The number of halogens is 4. The summed E-state index contributed by atoms with van der Waals surface area (Å²) in [6.07, 6.45) is 3.09. The third-order valence-electron chi connectivity index (χ3n) is 5.34.